The molecule has 8 rings (SSSR count). The van der Waals surface area contributed by atoms with Crippen molar-refractivity contribution in [3.8, 4) is 16.8 Å². The molecular weight excluding hydrogens is 757 g/mol. The summed E-state index contributed by atoms with van der Waals surface area (Å²) in [5.41, 5.74) is 3.47. The minimum absolute atomic E-state index is 0.00261. The van der Waals surface area contributed by atoms with Crippen LogP contribution in [0.1, 0.15) is 70.0 Å². The maximum atomic E-state index is 14.6. The summed E-state index contributed by atoms with van der Waals surface area (Å²) in [5, 5.41) is 3.07. The molecule has 1 saturated heterocycles. The van der Waals surface area contributed by atoms with Gasteiger partial charge in [0.05, 0.1) is 23.0 Å². The van der Waals surface area contributed by atoms with Gasteiger partial charge in [0, 0.05) is 44.8 Å². The number of nitrogens with one attached hydrogen (secondary N) is 1. The molecule has 0 atom stereocenters. The molecule has 2 amide bonds. The molecule has 3 aromatic carbocycles. The van der Waals surface area contributed by atoms with Crippen LogP contribution >= 0.6 is 0 Å². The Morgan fingerprint density at radius 1 is 0.847 bits per heavy atom. The Bertz CT molecular complexity index is 2560. The second kappa shape index (κ2) is 16.3. The van der Waals surface area contributed by atoms with Crippen LogP contribution in [0.2, 0.25) is 0 Å². The third-order valence-corrected chi connectivity index (χ3v) is 11.3. The highest BCUT2D eigenvalue weighted by Crippen LogP contribution is 2.30. The molecule has 2 fully saturated rings. The zero-order chi connectivity index (χ0) is 41.4. The Morgan fingerprint density at radius 3 is 2.32 bits per heavy atom. The normalized spacial score (nSPS) is 18.6. The van der Waals surface area contributed by atoms with E-state index in [-0.39, 0.29) is 34.9 Å². The number of aromatic nitrogens is 3. The van der Waals surface area contributed by atoms with E-state index in [1.165, 1.54) is 21.3 Å². The first-order valence-corrected chi connectivity index (χ1v) is 20.2. The zero-order valence-electron chi connectivity index (χ0n) is 33.4. The highest BCUT2D eigenvalue weighted by Gasteiger charge is 2.30. The highest BCUT2D eigenvalue weighted by atomic mass is 19.1. The highest BCUT2D eigenvalue weighted by molar-refractivity contribution is 6.39. The van der Waals surface area contributed by atoms with Gasteiger partial charge in [-0.05, 0) is 118 Å². The molecule has 306 valence electrons. The van der Waals surface area contributed by atoms with E-state index in [0.29, 0.717) is 68.7 Å². The number of rotatable bonds is 7. The van der Waals surface area contributed by atoms with Gasteiger partial charge in [0.25, 0.3) is 11.5 Å². The van der Waals surface area contributed by atoms with Crippen molar-refractivity contribution in [2.75, 3.05) is 26.2 Å². The Balaban J connectivity index is 0.978. The van der Waals surface area contributed by atoms with Gasteiger partial charge in [-0.3, -0.25) is 19.1 Å². The van der Waals surface area contributed by atoms with Crippen LogP contribution in [0.25, 0.3) is 27.8 Å². The molecule has 0 spiro atoms. The molecule has 3 aliphatic rings. The van der Waals surface area contributed by atoms with Crippen LogP contribution in [0, 0.1) is 11.6 Å². The Hall–Kier alpha value is -6.02. The average Bonchev–Trinajstić information content (AvgIpc) is 3.21. The number of halogens is 2. The Kier molecular flexibility index (Phi) is 11.0. The number of amides is 2. The van der Waals surface area contributed by atoms with Crippen molar-refractivity contribution in [1.82, 2.24) is 29.2 Å². The minimum Gasteiger partial charge on any atom is -0.444 e. The number of benzene rings is 3. The number of nitrogens with zero attached hydrogens (tertiary/aromatic N) is 6. The van der Waals surface area contributed by atoms with Crippen LogP contribution in [-0.4, -0.2) is 79.5 Å². The lowest BCUT2D eigenvalue weighted by molar-refractivity contribution is -0.115. The summed E-state index contributed by atoms with van der Waals surface area (Å²) in [7, 11) is 0. The van der Waals surface area contributed by atoms with Crippen LogP contribution in [0.5, 0.6) is 0 Å². The predicted octanol–water partition coefficient (Wildman–Crippen LogP) is 6.86. The van der Waals surface area contributed by atoms with Gasteiger partial charge in [0.2, 0.25) is 0 Å². The van der Waals surface area contributed by atoms with Crippen LogP contribution in [0.3, 0.4) is 0 Å². The SMILES string of the molecule is CC(C)(C)OC(=O)N1CCN(Cc2ccc(-c3cccc(-n4c(=O)n(C5CCC(NC(=O)C6=Nc7ccc(F)cc7CC6)CC5)c(=O)c5cc(F)cnc54)c3)cc2)CC1. The van der Waals surface area contributed by atoms with Crippen molar-refractivity contribution in [2.24, 2.45) is 4.99 Å². The summed E-state index contributed by atoms with van der Waals surface area (Å²) < 4.78 is 36.4. The van der Waals surface area contributed by atoms with Crippen molar-refractivity contribution in [2.45, 2.75) is 83.5 Å². The number of carbonyl (C=O) groups excluding carboxylic acids is 2. The molecular formula is C45H47F2N7O5. The zero-order valence-corrected chi connectivity index (χ0v) is 33.4. The minimum atomic E-state index is -0.685. The molecule has 4 heterocycles. The van der Waals surface area contributed by atoms with Crippen molar-refractivity contribution in [3.05, 3.63) is 123 Å². The lowest BCUT2D eigenvalue weighted by Gasteiger charge is -2.35. The second-order valence-electron chi connectivity index (χ2n) is 16.6. The number of carbonyl (C=O) groups is 2. The maximum absolute atomic E-state index is 14.6. The van der Waals surface area contributed by atoms with E-state index < -0.39 is 28.7 Å². The molecule has 0 bridgehead atoms. The van der Waals surface area contributed by atoms with E-state index in [0.717, 1.165) is 54.2 Å². The van der Waals surface area contributed by atoms with E-state index in [4.69, 9.17) is 4.74 Å². The van der Waals surface area contributed by atoms with Gasteiger partial charge < -0.3 is 15.0 Å². The van der Waals surface area contributed by atoms with Crippen LogP contribution < -0.4 is 16.6 Å². The van der Waals surface area contributed by atoms with Gasteiger partial charge in [-0.2, -0.15) is 0 Å². The molecule has 2 aliphatic heterocycles. The number of hydrogen-bond donors (Lipinski definition) is 1. The van der Waals surface area contributed by atoms with Gasteiger partial charge >= 0.3 is 11.8 Å². The van der Waals surface area contributed by atoms with Gasteiger partial charge in [-0.15, -0.1) is 0 Å². The van der Waals surface area contributed by atoms with Gasteiger partial charge in [-0.1, -0.05) is 36.4 Å². The number of hydrogen-bond acceptors (Lipinski definition) is 8. The fraction of sp³-hybridized carbons (Fsp3) is 0.378. The first-order valence-electron chi connectivity index (χ1n) is 20.2. The van der Waals surface area contributed by atoms with Crippen molar-refractivity contribution < 1.29 is 23.1 Å². The van der Waals surface area contributed by atoms with Crippen LogP contribution in [0.15, 0.2) is 93.6 Å². The lowest BCUT2D eigenvalue weighted by Crippen LogP contribution is -2.49. The fourth-order valence-electron chi connectivity index (χ4n) is 8.27. The summed E-state index contributed by atoms with van der Waals surface area (Å²) in [6, 6.07) is 20.4. The van der Waals surface area contributed by atoms with Gasteiger partial charge in [0.1, 0.15) is 22.9 Å². The summed E-state index contributed by atoms with van der Waals surface area (Å²) in [6.45, 7) is 8.99. The molecule has 0 unspecified atom stereocenters. The third kappa shape index (κ3) is 8.73. The summed E-state index contributed by atoms with van der Waals surface area (Å²) >= 11 is 0. The quantitative estimate of drug-likeness (QED) is 0.190. The molecule has 5 aromatic rings. The topological polar surface area (TPSA) is 131 Å². The van der Waals surface area contributed by atoms with Gasteiger partial charge in [-0.25, -0.2) is 32.9 Å². The number of ether oxygens (including phenoxy) is 1. The first-order chi connectivity index (χ1) is 28.3. The number of fused-ring (bicyclic) bond motifs is 2. The van der Waals surface area contributed by atoms with E-state index in [1.807, 2.05) is 51.1 Å². The number of aliphatic imine (C=N–C) groups is 1. The van der Waals surface area contributed by atoms with Crippen molar-refractivity contribution >= 4 is 34.4 Å². The molecule has 1 saturated carbocycles. The fourth-order valence-corrected chi connectivity index (χ4v) is 8.27. The number of pyridine rings is 1. The Labute approximate surface area is 340 Å². The first kappa shape index (κ1) is 39.8. The Morgan fingerprint density at radius 2 is 1.59 bits per heavy atom. The monoisotopic (exact) mass is 803 g/mol. The summed E-state index contributed by atoms with van der Waals surface area (Å²) in [6.07, 6.45) is 3.55. The molecule has 1 N–H and O–H groups in total. The molecule has 12 nitrogen and oxygen atoms in total. The summed E-state index contributed by atoms with van der Waals surface area (Å²) in [5.74, 6) is -1.30. The lowest BCUT2D eigenvalue weighted by atomic mass is 9.90. The van der Waals surface area contributed by atoms with E-state index in [2.05, 4.69) is 32.3 Å². The molecule has 1 aliphatic carbocycles. The molecule has 14 heteroatoms. The average molecular weight is 804 g/mol. The van der Waals surface area contributed by atoms with E-state index >= 15 is 0 Å². The third-order valence-electron chi connectivity index (χ3n) is 11.3. The van der Waals surface area contributed by atoms with E-state index in [9.17, 15) is 28.0 Å². The smallest absolute Gasteiger partial charge is 0.410 e. The van der Waals surface area contributed by atoms with Crippen molar-refractivity contribution in [3.63, 3.8) is 0 Å². The molecule has 59 heavy (non-hydrogen) atoms. The van der Waals surface area contributed by atoms with Gasteiger partial charge in [0.15, 0.2) is 5.65 Å². The second-order valence-corrected chi connectivity index (χ2v) is 16.6. The van der Waals surface area contributed by atoms with Crippen molar-refractivity contribution in [1.29, 1.82) is 0 Å². The molecule has 0 radical (unpaired) electrons. The van der Waals surface area contributed by atoms with Crippen LogP contribution in [0.4, 0.5) is 19.3 Å². The largest absolute Gasteiger partial charge is 0.444 e. The van der Waals surface area contributed by atoms with Crippen LogP contribution in [-0.2, 0) is 22.5 Å². The predicted molar refractivity (Wildman–Crippen MR) is 221 cm³/mol. The molecule has 2 aromatic heterocycles. The standard InChI is InChI=1S/C45H47F2N7O5/c1-45(2,3)59-44(58)52-21-19-51(20-22-52)27-28-7-9-29(10-8-28)30-5-4-6-36(24-30)53-40-37(25-33(47)26-48-40)42(56)54(43(53)57)35-15-13-34(14-16-35)49-41(55)39-17-11-31-23-32(46)12-18-38(31)50-39/h4-10,12,18,23-26,34-35H,11,13-17,19-22,27H2,1-3H3,(H,49,55). The summed E-state index contributed by atoms with van der Waals surface area (Å²) in [4.78, 5) is 66.8. The number of piperazine rings is 1. The van der Waals surface area contributed by atoms with E-state index in [1.54, 1.807) is 17.0 Å². The maximum Gasteiger partial charge on any atom is 0.410 e. The number of aryl methyl sites for hydroxylation is 1.